The van der Waals surface area contributed by atoms with Crippen LogP contribution < -0.4 is 5.32 Å². The number of nitrogens with zero attached hydrogens (tertiary/aromatic N) is 2. The summed E-state index contributed by atoms with van der Waals surface area (Å²) in [5.41, 5.74) is 0. The molecule has 23 heavy (non-hydrogen) atoms. The van der Waals surface area contributed by atoms with Gasteiger partial charge in [-0.15, -0.1) is 0 Å². The molecule has 0 aromatic carbocycles. The summed E-state index contributed by atoms with van der Waals surface area (Å²) in [5.74, 6) is 0.649. The van der Waals surface area contributed by atoms with Gasteiger partial charge in [0.25, 0.3) is 0 Å². The zero-order valence-corrected chi connectivity index (χ0v) is 14.9. The number of likely N-dealkylation sites (tertiary alicyclic amines) is 2. The van der Waals surface area contributed by atoms with E-state index < -0.39 is 0 Å². The quantitative estimate of drug-likeness (QED) is 0.845. The van der Waals surface area contributed by atoms with E-state index in [1.165, 1.54) is 51.6 Å². The van der Waals surface area contributed by atoms with Gasteiger partial charge in [0.05, 0.1) is 0 Å². The Balaban J connectivity index is 1.32. The van der Waals surface area contributed by atoms with Gasteiger partial charge in [0.15, 0.2) is 0 Å². The smallest absolute Gasteiger partial charge is 0.223 e. The number of hydrogen-bond donors (Lipinski definition) is 1. The van der Waals surface area contributed by atoms with Crippen molar-refractivity contribution in [1.29, 1.82) is 0 Å². The van der Waals surface area contributed by atoms with Crippen molar-refractivity contribution < 1.29 is 4.79 Å². The second kappa shape index (κ2) is 8.48. The van der Waals surface area contributed by atoms with Gasteiger partial charge in [-0.3, -0.25) is 4.79 Å². The Morgan fingerprint density at radius 2 is 1.70 bits per heavy atom. The van der Waals surface area contributed by atoms with E-state index in [-0.39, 0.29) is 0 Å². The molecule has 4 nitrogen and oxygen atoms in total. The minimum Gasteiger partial charge on any atom is -0.353 e. The van der Waals surface area contributed by atoms with Crippen LogP contribution in [0.1, 0.15) is 64.2 Å². The SMILES string of the molecule is CN1CCC[C@H]1CCN1CCC(NC(=O)C2CCCCC2)CC1. The fraction of sp³-hybridized carbons (Fsp3) is 0.947. The lowest BCUT2D eigenvalue weighted by atomic mass is 9.88. The fourth-order valence-electron chi connectivity index (χ4n) is 4.66. The summed E-state index contributed by atoms with van der Waals surface area (Å²) in [7, 11) is 2.27. The second-order valence-corrected chi connectivity index (χ2v) is 8.02. The summed E-state index contributed by atoms with van der Waals surface area (Å²) < 4.78 is 0. The van der Waals surface area contributed by atoms with E-state index in [1.54, 1.807) is 0 Å². The molecule has 0 aromatic heterocycles. The maximum atomic E-state index is 12.4. The van der Waals surface area contributed by atoms with Crippen molar-refractivity contribution in [2.75, 3.05) is 33.2 Å². The molecule has 1 aliphatic carbocycles. The van der Waals surface area contributed by atoms with Gasteiger partial charge < -0.3 is 15.1 Å². The third kappa shape index (κ3) is 4.93. The lowest BCUT2D eigenvalue weighted by Crippen LogP contribution is -2.47. The van der Waals surface area contributed by atoms with Crippen LogP contribution in [0.4, 0.5) is 0 Å². The molecule has 0 spiro atoms. The Morgan fingerprint density at radius 3 is 2.35 bits per heavy atom. The highest BCUT2D eigenvalue weighted by Crippen LogP contribution is 2.24. The first kappa shape index (κ1) is 17.2. The molecule has 2 aliphatic heterocycles. The molecule has 2 heterocycles. The Bertz CT molecular complexity index is 373. The number of carbonyl (C=O) groups is 1. The standard InChI is InChI=1S/C19H35N3O/c1-21-12-5-8-18(21)11-15-22-13-9-17(10-14-22)20-19(23)16-6-3-2-4-7-16/h16-18H,2-15H2,1H3,(H,20,23)/t18-/m0/s1. The van der Waals surface area contributed by atoms with Gasteiger partial charge in [-0.05, 0) is 65.1 Å². The number of piperidine rings is 1. The van der Waals surface area contributed by atoms with Gasteiger partial charge >= 0.3 is 0 Å². The molecule has 0 radical (unpaired) electrons. The summed E-state index contributed by atoms with van der Waals surface area (Å²) in [4.78, 5) is 17.5. The number of amides is 1. The first-order valence-electron chi connectivity index (χ1n) is 9.95. The average molecular weight is 322 g/mol. The van der Waals surface area contributed by atoms with Crippen molar-refractivity contribution in [2.45, 2.75) is 76.3 Å². The van der Waals surface area contributed by atoms with Gasteiger partial charge in [-0.1, -0.05) is 19.3 Å². The summed E-state index contributed by atoms with van der Waals surface area (Å²) >= 11 is 0. The summed E-state index contributed by atoms with van der Waals surface area (Å²) in [6.07, 6.45) is 12.4. The van der Waals surface area contributed by atoms with Crippen LogP contribution in [-0.4, -0.2) is 61.0 Å². The molecule has 3 aliphatic rings. The van der Waals surface area contributed by atoms with Gasteiger partial charge in [0.2, 0.25) is 5.91 Å². The molecule has 0 aromatic rings. The van der Waals surface area contributed by atoms with Gasteiger partial charge in [-0.25, -0.2) is 0 Å². The van der Waals surface area contributed by atoms with E-state index in [0.717, 1.165) is 44.8 Å². The van der Waals surface area contributed by atoms with Crippen molar-refractivity contribution in [3.8, 4) is 0 Å². The van der Waals surface area contributed by atoms with Crippen molar-refractivity contribution in [2.24, 2.45) is 5.92 Å². The topological polar surface area (TPSA) is 35.6 Å². The molecular weight excluding hydrogens is 286 g/mol. The van der Waals surface area contributed by atoms with Gasteiger partial charge in [0.1, 0.15) is 0 Å². The molecule has 3 fully saturated rings. The lowest BCUT2D eigenvalue weighted by molar-refractivity contribution is -0.127. The summed E-state index contributed by atoms with van der Waals surface area (Å²) in [5, 5.41) is 3.34. The van der Waals surface area contributed by atoms with E-state index in [9.17, 15) is 4.79 Å². The maximum absolute atomic E-state index is 12.4. The van der Waals surface area contributed by atoms with E-state index in [4.69, 9.17) is 0 Å². The molecule has 4 heteroatoms. The number of nitrogens with one attached hydrogen (secondary N) is 1. The van der Waals surface area contributed by atoms with E-state index in [0.29, 0.717) is 17.9 Å². The van der Waals surface area contributed by atoms with Crippen molar-refractivity contribution in [3.63, 3.8) is 0 Å². The van der Waals surface area contributed by atoms with Crippen molar-refractivity contribution in [1.82, 2.24) is 15.1 Å². The lowest BCUT2D eigenvalue weighted by Gasteiger charge is -2.34. The summed E-state index contributed by atoms with van der Waals surface area (Å²) in [6.45, 7) is 4.83. The van der Waals surface area contributed by atoms with Crippen LogP contribution in [-0.2, 0) is 4.79 Å². The van der Waals surface area contributed by atoms with Crippen molar-refractivity contribution in [3.05, 3.63) is 0 Å². The Labute approximate surface area is 142 Å². The molecule has 1 saturated carbocycles. The third-order valence-electron chi connectivity index (χ3n) is 6.36. The molecule has 0 unspecified atom stereocenters. The van der Waals surface area contributed by atoms with Crippen LogP contribution in [0.25, 0.3) is 0 Å². The highest BCUT2D eigenvalue weighted by Gasteiger charge is 2.26. The number of hydrogen-bond acceptors (Lipinski definition) is 3. The van der Waals surface area contributed by atoms with E-state index in [2.05, 4.69) is 22.2 Å². The van der Waals surface area contributed by atoms with Crippen LogP contribution in [0.15, 0.2) is 0 Å². The van der Waals surface area contributed by atoms with Crippen LogP contribution >= 0.6 is 0 Å². The van der Waals surface area contributed by atoms with Crippen LogP contribution in [0.3, 0.4) is 0 Å². The predicted molar refractivity (Wildman–Crippen MR) is 94.4 cm³/mol. The second-order valence-electron chi connectivity index (χ2n) is 8.02. The molecule has 3 rings (SSSR count). The Morgan fingerprint density at radius 1 is 0.957 bits per heavy atom. The first-order valence-corrected chi connectivity index (χ1v) is 9.95. The molecule has 1 atom stereocenters. The average Bonchev–Trinajstić information content (AvgIpc) is 3.00. The molecular formula is C19H35N3O. The maximum Gasteiger partial charge on any atom is 0.223 e. The molecule has 1 amide bonds. The van der Waals surface area contributed by atoms with Crippen LogP contribution in [0, 0.1) is 5.92 Å². The molecule has 0 bridgehead atoms. The Hall–Kier alpha value is -0.610. The third-order valence-corrected chi connectivity index (χ3v) is 6.36. The van der Waals surface area contributed by atoms with E-state index in [1.807, 2.05) is 0 Å². The number of carbonyl (C=O) groups excluding carboxylic acids is 1. The zero-order valence-electron chi connectivity index (χ0n) is 14.9. The predicted octanol–water partition coefficient (Wildman–Crippen LogP) is 2.63. The molecule has 132 valence electrons. The Kier molecular flexibility index (Phi) is 6.35. The van der Waals surface area contributed by atoms with Gasteiger partial charge in [0, 0.05) is 31.1 Å². The van der Waals surface area contributed by atoms with Crippen LogP contribution in [0.5, 0.6) is 0 Å². The fourth-order valence-corrected chi connectivity index (χ4v) is 4.66. The molecule has 1 N–H and O–H groups in total. The van der Waals surface area contributed by atoms with E-state index >= 15 is 0 Å². The number of rotatable bonds is 5. The molecule has 2 saturated heterocycles. The highest BCUT2D eigenvalue weighted by atomic mass is 16.1. The zero-order chi connectivity index (χ0) is 16.1. The van der Waals surface area contributed by atoms with Crippen molar-refractivity contribution >= 4 is 5.91 Å². The normalized spacial score (nSPS) is 29.0. The largest absolute Gasteiger partial charge is 0.353 e. The van der Waals surface area contributed by atoms with Crippen LogP contribution in [0.2, 0.25) is 0 Å². The monoisotopic (exact) mass is 321 g/mol. The first-order chi connectivity index (χ1) is 11.2. The minimum absolute atomic E-state index is 0.305. The minimum atomic E-state index is 0.305. The summed E-state index contributed by atoms with van der Waals surface area (Å²) in [6, 6.07) is 1.23. The highest BCUT2D eigenvalue weighted by molar-refractivity contribution is 5.79. The van der Waals surface area contributed by atoms with Gasteiger partial charge in [-0.2, -0.15) is 0 Å².